The number of sulfone groups is 1. The van der Waals surface area contributed by atoms with Crippen LogP contribution in [-0.4, -0.2) is 52.9 Å². The molecule has 0 saturated carbocycles. The summed E-state index contributed by atoms with van der Waals surface area (Å²) in [5.74, 6) is -3.41. The van der Waals surface area contributed by atoms with Crippen molar-refractivity contribution in [3.8, 4) is 11.5 Å². The maximum atomic E-state index is 15.3. The second-order valence-corrected chi connectivity index (χ2v) is 13.3. The molecule has 0 aliphatic rings. The molecule has 2 aromatic rings. The number of anilines is 1. The zero-order valence-electron chi connectivity index (χ0n) is 21.4. The molecule has 2 rings (SSSR count). The van der Waals surface area contributed by atoms with Gasteiger partial charge in [0, 0.05) is 17.7 Å². The average molecular weight is 581 g/mol. The number of sulfonamides is 1. The van der Waals surface area contributed by atoms with Crippen molar-refractivity contribution in [2.75, 3.05) is 24.8 Å². The Morgan fingerprint density at radius 2 is 1.71 bits per heavy atom. The number of carbonyl (C=O) groups excluding carboxylic acids is 1. The molecule has 14 heteroatoms. The topological polar surface area (TPSA) is 142 Å². The number of rotatable bonds is 12. The summed E-state index contributed by atoms with van der Waals surface area (Å²) in [5.41, 5.74) is 5.38. The lowest BCUT2D eigenvalue weighted by Crippen LogP contribution is -2.42. The van der Waals surface area contributed by atoms with Gasteiger partial charge in [0.05, 0.1) is 24.7 Å². The quantitative estimate of drug-likeness (QED) is 0.281. The van der Waals surface area contributed by atoms with E-state index in [0.29, 0.717) is 0 Å². The summed E-state index contributed by atoms with van der Waals surface area (Å²) in [6, 6.07) is 5.83. The monoisotopic (exact) mass is 580 g/mol. The van der Waals surface area contributed by atoms with E-state index in [1.54, 1.807) is 25.5 Å². The maximum absolute atomic E-state index is 15.3. The molecule has 0 saturated heterocycles. The number of ether oxygens (including phenoxy) is 2. The molecule has 0 amide bonds. The molecule has 0 radical (unpaired) electrons. The Morgan fingerprint density at radius 1 is 1.05 bits per heavy atom. The number of esters is 1. The Morgan fingerprint density at radius 3 is 2.29 bits per heavy atom. The number of carbonyl (C=O) groups is 1. The number of hydrogen-bond donors (Lipinski definition) is 2. The van der Waals surface area contributed by atoms with Crippen LogP contribution in [0.1, 0.15) is 49.5 Å². The van der Waals surface area contributed by atoms with Gasteiger partial charge >= 0.3 is 5.97 Å². The number of nitrogen functional groups attached to an aromatic ring is 1. The number of benzene rings is 2. The fraction of sp³-hybridized carbons (Fsp3) is 0.458. The Balaban J connectivity index is 2.44. The molecule has 38 heavy (non-hydrogen) atoms. The SMILES string of the molecule is Cc1c(Oc2cccc(S(=O)(=O)NC(CCF)S(=O)(=O)CCCF)c2F)ccc(N)c1C(=O)OC(C)(C)C. The summed E-state index contributed by atoms with van der Waals surface area (Å²) in [6.45, 7) is 4.31. The highest BCUT2D eigenvalue weighted by Crippen LogP contribution is 2.34. The van der Waals surface area contributed by atoms with E-state index < -0.39 is 85.2 Å². The number of hydrogen-bond acceptors (Lipinski definition) is 8. The molecule has 0 aromatic heterocycles. The van der Waals surface area contributed by atoms with Crippen molar-refractivity contribution < 1.29 is 44.3 Å². The minimum Gasteiger partial charge on any atom is -0.456 e. The molecule has 0 bridgehead atoms. The van der Waals surface area contributed by atoms with Crippen molar-refractivity contribution in [2.45, 2.75) is 56.4 Å². The zero-order chi connectivity index (χ0) is 28.9. The summed E-state index contributed by atoms with van der Waals surface area (Å²) in [7, 11) is -9.11. The van der Waals surface area contributed by atoms with Crippen molar-refractivity contribution in [3.05, 3.63) is 47.3 Å². The molecule has 0 aliphatic heterocycles. The van der Waals surface area contributed by atoms with Crippen LogP contribution in [0.25, 0.3) is 0 Å². The van der Waals surface area contributed by atoms with Crippen LogP contribution in [0.5, 0.6) is 11.5 Å². The van der Waals surface area contributed by atoms with E-state index in [2.05, 4.69) is 0 Å². The van der Waals surface area contributed by atoms with E-state index in [1.165, 1.54) is 19.1 Å². The van der Waals surface area contributed by atoms with E-state index in [1.807, 2.05) is 0 Å². The molecule has 212 valence electrons. The fourth-order valence-electron chi connectivity index (χ4n) is 3.37. The smallest absolute Gasteiger partial charge is 0.341 e. The number of nitrogens with two attached hydrogens (primary N) is 1. The first kappa shape index (κ1) is 31.4. The molecule has 0 aliphatic carbocycles. The predicted molar refractivity (Wildman–Crippen MR) is 136 cm³/mol. The Hall–Kier alpha value is -2.84. The summed E-state index contributed by atoms with van der Waals surface area (Å²) >= 11 is 0. The van der Waals surface area contributed by atoms with Gasteiger partial charge < -0.3 is 15.2 Å². The molecule has 0 spiro atoms. The van der Waals surface area contributed by atoms with Gasteiger partial charge in [-0.05, 0) is 58.4 Å². The van der Waals surface area contributed by atoms with Crippen LogP contribution in [0.2, 0.25) is 0 Å². The molecule has 1 unspecified atom stereocenters. The molecule has 2 aromatic carbocycles. The molecule has 0 fully saturated rings. The minimum atomic E-state index is -4.83. The normalized spacial score (nSPS) is 13.2. The fourth-order valence-corrected chi connectivity index (χ4v) is 6.76. The van der Waals surface area contributed by atoms with Gasteiger partial charge in [-0.1, -0.05) is 6.07 Å². The summed E-state index contributed by atoms with van der Waals surface area (Å²) in [4.78, 5) is 11.7. The van der Waals surface area contributed by atoms with Crippen LogP contribution in [0.4, 0.5) is 18.9 Å². The van der Waals surface area contributed by atoms with E-state index in [4.69, 9.17) is 15.2 Å². The van der Waals surface area contributed by atoms with Gasteiger partial charge in [-0.2, -0.15) is 4.72 Å². The van der Waals surface area contributed by atoms with Gasteiger partial charge in [-0.3, -0.25) is 8.78 Å². The third-order valence-corrected chi connectivity index (χ3v) is 8.86. The molecule has 0 heterocycles. The molecule has 9 nitrogen and oxygen atoms in total. The third-order valence-electron chi connectivity index (χ3n) is 5.14. The number of nitrogens with one attached hydrogen (secondary N) is 1. The van der Waals surface area contributed by atoms with E-state index in [-0.39, 0.29) is 22.6 Å². The first-order valence-electron chi connectivity index (χ1n) is 11.5. The Labute approximate surface area is 220 Å². The maximum Gasteiger partial charge on any atom is 0.341 e. The lowest BCUT2D eigenvalue weighted by molar-refractivity contribution is 0.00696. The van der Waals surface area contributed by atoms with Gasteiger partial charge in [0.2, 0.25) is 10.0 Å². The molecular formula is C24H31F3N2O7S2. The van der Waals surface area contributed by atoms with E-state index in [9.17, 15) is 30.4 Å². The number of halogens is 3. The average Bonchev–Trinajstić information content (AvgIpc) is 2.79. The summed E-state index contributed by atoms with van der Waals surface area (Å²) in [5, 5.41) is -1.93. The molecular weight excluding hydrogens is 549 g/mol. The largest absolute Gasteiger partial charge is 0.456 e. The van der Waals surface area contributed by atoms with Crippen molar-refractivity contribution in [1.82, 2.24) is 4.72 Å². The van der Waals surface area contributed by atoms with Gasteiger partial charge in [-0.15, -0.1) is 0 Å². The Kier molecular flexibility index (Phi) is 10.2. The van der Waals surface area contributed by atoms with Gasteiger partial charge in [0.15, 0.2) is 21.4 Å². The van der Waals surface area contributed by atoms with Crippen molar-refractivity contribution in [3.63, 3.8) is 0 Å². The van der Waals surface area contributed by atoms with Gasteiger partial charge in [-0.25, -0.2) is 26.0 Å². The highest BCUT2D eigenvalue weighted by molar-refractivity contribution is 7.94. The first-order chi connectivity index (χ1) is 17.5. The van der Waals surface area contributed by atoms with E-state index >= 15 is 4.39 Å². The first-order valence-corrected chi connectivity index (χ1v) is 14.7. The zero-order valence-corrected chi connectivity index (χ0v) is 23.0. The Bertz CT molecular complexity index is 1380. The van der Waals surface area contributed by atoms with E-state index in [0.717, 1.165) is 18.2 Å². The van der Waals surface area contributed by atoms with Crippen molar-refractivity contribution in [2.24, 2.45) is 0 Å². The third kappa shape index (κ3) is 7.84. The minimum absolute atomic E-state index is 0.0178. The van der Waals surface area contributed by atoms with Gasteiger partial charge in [0.25, 0.3) is 0 Å². The van der Waals surface area contributed by atoms with Gasteiger partial charge in [0.1, 0.15) is 21.6 Å². The second-order valence-electron chi connectivity index (χ2n) is 9.32. The summed E-state index contributed by atoms with van der Waals surface area (Å²) < 4.78 is 104. The standard InChI is InChI=1S/C24H31F3N2O7S2/c1-15-17(10-9-16(28)21(15)23(30)36-24(2,3)4)35-18-7-5-8-19(22(18)27)38(33,34)29-20(11-13-26)37(31,32)14-6-12-25/h5,7-10,20,29H,6,11-14,28H2,1-4H3. The predicted octanol–water partition coefficient (Wildman–Crippen LogP) is 4.20. The molecule has 1 atom stereocenters. The highest BCUT2D eigenvalue weighted by atomic mass is 32.2. The highest BCUT2D eigenvalue weighted by Gasteiger charge is 2.32. The summed E-state index contributed by atoms with van der Waals surface area (Å²) in [6.07, 6.45) is -1.15. The van der Waals surface area contributed by atoms with Crippen LogP contribution < -0.4 is 15.2 Å². The van der Waals surface area contributed by atoms with Crippen LogP contribution in [0.3, 0.4) is 0 Å². The van der Waals surface area contributed by atoms with Crippen LogP contribution in [-0.2, 0) is 24.6 Å². The number of alkyl halides is 2. The van der Waals surface area contributed by atoms with Crippen LogP contribution in [0, 0.1) is 12.7 Å². The lowest BCUT2D eigenvalue weighted by atomic mass is 10.0. The van der Waals surface area contributed by atoms with Crippen LogP contribution >= 0.6 is 0 Å². The van der Waals surface area contributed by atoms with Crippen LogP contribution in [0.15, 0.2) is 35.2 Å². The van der Waals surface area contributed by atoms with Crippen molar-refractivity contribution >= 4 is 31.5 Å². The van der Waals surface area contributed by atoms with Crippen molar-refractivity contribution in [1.29, 1.82) is 0 Å². The second kappa shape index (κ2) is 12.3. The lowest BCUT2D eigenvalue weighted by Gasteiger charge is -2.22. The molecule has 3 N–H and O–H groups in total.